The average molecular weight is 416 g/mol. The third-order valence-corrected chi connectivity index (χ3v) is 3.60. The first-order valence-corrected chi connectivity index (χ1v) is 8.54. The largest absolute Gasteiger partial charge is 0.462 e. The van der Waals surface area contributed by atoms with Crippen molar-refractivity contribution in [2.24, 2.45) is 0 Å². The number of hydrogen-bond donors (Lipinski definition) is 0. The first-order chi connectivity index (χ1) is 14.4. The molecule has 8 heteroatoms. The van der Waals surface area contributed by atoms with Gasteiger partial charge in [-0.15, -0.1) is 0 Å². The van der Waals surface area contributed by atoms with Crippen LogP contribution in [0.5, 0.6) is 11.5 Å². The maximum absolute atomic E-state index is 13.6. The Morgan fingerprint density at radius 2 is 1.60 bits per heavy atom. The van der Waals surface area contributed by atoms with E-state index >= 15 is 0 Å². The number of carbonyl (C=O) groups is 2. The highest BCUT2D eigenvalue weighted by atomic mass is 19.3. The summed E-state index contributed by atoms with van der Waals surface area (Å²) < 4.78 is 46.6. The number of benzene rings is 2. The molecule has 0 bridgehead atoms. The molecule has 6 nitrogen and oxygen atoms in total. The molecule has 0 heterocycles. The van der Waals surface area contributed by atoms with Crippen LogP contribution in [-0.4, -0.2) is 12.4 Å². The Bertz CT molecular complexity index is 949. The molecule has 0 saturated carbocycles. The third-order valence-electron chi connectivity index (χ3n) is 3.60. The molecule has 2 aromatic carbocycles. The summed E-state index contributed by atoms with van der Waals surface area (Å²) in [6, 6.07) is 10.6. The monoisotopic (exact) mass is 416 g/mol. The van der Waals surface area contributed by atoms with E-state index in [2.05, 4.69) is 11.3 Å². The number of carbonyl (C=O) groups excluding carboxylic acids is 2. The zero-order valence-electron chi connectivity index (χ0n) is 15.9. The Labute approximate surface area is 171 Å². The number of esters is 1. The van der Waals surface area contributed by atoms with Crippen LogP contribution in [0.3, 0.4) is 0 Å². The van der Waals surface area contributed by atoms with Gasteiger partial charge in [-0.2, -0.15) is 0 Å². The fourth-order valence-corrected chi connectivity index (χ4v) is 2.24. The molecule has 0 aromatic heterocycles. The van der Waals surface area contributed by atoms with E-state index in [0.29, 0.717) is 16.9 Å². The van der Waals surface area contributed by atoms with Gasteiger partial charge in [-0.1, -0.05) is 24.8 Å². The van der Waals surface area contributed by atoms with Crippen molar-refractivity contribution in [2.45, 2.75) is 13.3 Å². The molecule has 2 aromatic rings. The Hall–Kier alpha value is -3.94. The predicted octanol–water partition coefficient (Wildman–Crippen LogP) is 5.28. The molecule has 0 fully saturated rings. The van der Waals surface area contributed by atoms with E-state index in [9.17, 15) is 18.4 Å². The summed E-state index contributed by atoms with van der Waals surface area (Å²) in [4.78, 5) is 21.3. The Morgan fingerprint density at radius 3 is 2.23 bits per heavy atom. The van der Waals surface area contributed by atoms with Crippen LogP contribution in [0.25, 0.3) is 11.1 Å². The van der Waals surface area contributed by atoms with Crippen LogP contribution in [0.15, 0.2) is 79.7 Å². The van der Waals surface area contributed by atoms with Gasteiger partial charge in [0.1, 0.15) is 36.5 Å². The number of alkyl halides is 2. The Balaban J connectivity index is 2.13. The number of hydrogen-bond acceptors (Lipinski definition) is 6. The third kappa shape index (κ3) is 6.59. The second-order valence-corrected chi connectivity index (χ2v) is 5.77. The minimum absolute atomic E-state index is 0.150. The Morgan fingerprint density at radius 1 is 0.967 bits per heavy atom. The molecule has 0 unspecified atom stereocenters. The second kappa shape index (κ2) is 11.2. The van der Waals surface area contributed by atoms with Crippen molar-refractivity contribution in [1.82, 2.24) is 0 Å². The normalized spacial score (nSPS) is 10.9. The molecule has 0 aliphatic carbocycles. The molecular formula is C22H18F2O6. The molecular weight excluding hydrogens is 398 g/mol. The van der Waals surface area contributed by atoms with Crippen LogP contribution in [0, 0.1) is 0 Å². The fraction of sp³-hybridized carbons (Fsp3) is 0.0909. The molecule has 0 saturated heterocycles. The van der Waals surface area contributed by atoms with Crippen molar-refractivity contribution in [3.63, 3.8) is 0 Å². The van der Waals surface area contributed by atoms with Crippen molar-refractivity contribution >= 4 is 12.4 Å². The SMILES string of the molecule is C=C(C)C(=O)O/C=C\Oc1ccc(-c2ccc(O/C=C\OC=O)cc2)c(C(F)F)c1. The lowest BCUT2D eigenvalue weighted by molar-refractivity contribution is -0.133. The van der Waals surface area contributed by atoms with E-state index in [1.54, 1.807) is 24.3 Å². The van der Waals surface area contributed by atoms with Crippen LogP contribution in [0.2, 0.25) is 0 Å². The highest BCUT2D eigenvalue weighted by Gasteiger charge is 2.15. The molecule has 0 spiro atoms. The number of halogens is 2. The topological polar surface area (TPSA) is 71.1 Å². The van der Waals surface area contributed by atoms with Crippen LogP contribution in [-0.2, 0) is 19.1 Å². The summed E-state index contributed by atoms with van der Waals surface area (Å²) in [7, 11) is 0. The molecule has 0 aliphatic rings. The Kier molecular flexibility index (Phi) is 8.31. The smallest absolute Gasteiger partial charge is 0.338 e. The summed E-state index contributed by atoms with van der Waals surface area (Å²) in [5.41, 5.74) is 0.850. The van der Waals surface area contributed by atoms with E-state index in [1.807, 2.05) is 0 Å². The van der Waals surface area contributed by atoms with E-state index < -0.39 is 12.4 Å². The number of ether oxygens (including phenoxy) is 4. The quantitative estimate of drug-likeness (QED) is 0.227. The van der Waals surface area contributed by atoms with Crippen LogP contribution >= 0.6 is 0 Å². The maximum Gasteiger partial charge on any atom is 0.338 e. The van der Waals surface area contributed by atoms with Gasteiger partial charge in [0.25, 0.3) is 12.9 Å². The van der Waals surface area contributed by atoms with Crippen LogP contribution in [0.1, 0.15) is 18.9 Å². The predicted molar refractivity (Wildman–Crippen MR) is 104 cm³/mol. The minimum Gasteiger partial charge on any atom is -0.462 e. The van der Waals surface area contributed by atoms with Gasteiger partial charge < -0.3 is 18.9 Å². The summed E-state index contributed by atoms with van der Waals surface area (Å²) in [5.74, 6) is -0.0490. The standard InChI is InChI=1S/C22H18F2O6/c1-15(2)22(26)30-12-11-29-18-7-8-19(20(13-18)21(23)24)16-3-5-17(6-4-16)28-10-9-27-14-25/h3-14,21H,1H2,2H3/b10-9-,12-11-. The molecule has 30 heavy (non-hydrogen) atoms. The van der Waals surface area contributed by atoms with Gasteiger partial charge in [0.15, 0.2) is 0 Å². The zero-order chi connectivity index (χ0) is 21.9. The van der Waals surface area contributed by atoms with E-state index in [4.69, 9.17) is 14.2 Å². The number of rotatable bonds is 10. The lowest BCUT2D eigenvalue weighted by Gasteiger charge is -2.12. The summed E-state index contributed by atoms with van der Waals surface area (Å²) in [6.45, 7) is 5.16. The van der Waals surface area contributed by atoms with Crippen molar-refractivity contribution < 1.29 is 37.3 Å². The van der Waals surface area contributed by atoms with E-state index in [-0.39, 0.29) is 23.4 Å². The zero-order valence-corrected chi connectivity index (χ0v) is 15.9. The highest BCUT2D eigenvalue weighted by molar-refractivity contribution is 5.87. The average Bonchev–Trinajstić information content (AvgIpc) is 2.74. The van der Waals surface area contributed by atoms with Gasteiger partial charge in [-0.25, -0.2) is 13.6 Å². The van der Waals surface area contributed by atoms with Crippen LogP contribution in [0.4, 0.5) is 8.78 Å². The van der Waals surface area contributed by atoms with Gasteiger partial charge in [0.2, 0.25) is 0 Å². The molecule has 0 aliphatic heterocycles. The molecule has 2 rings (SSSR count). The molecule has 156 valence electrons. The second-order valence-electron chi connectivity index (χ2n) is 5.77. The van der Waals surface area contributed by atoms with E-state index in [0.717, 1.165) is 18.8 Å². The van der Waals surface area contributed by atoms with Gasteiger partial charge in [0.05, 0.1) is 0 Å². The first-order valence-electron chi connectivity index (χ1n) is 8.54. The highest BCUT2D eigenvalue weighted by Crippen LogP contribution is 2.34. The summed E-state index contributed by atoms with van der Waals surface area (Å²) in [5, 5.41) is 0. The lowest BCUT2D eigenvalue weighted by atomic mass is 9.99. The molecule has 0 N–H and O–H groups in total. The lowest BCUT2D eigenvalue weighted by Crippen LogP contribution is -1.99. The van der Waals surface area contributed by atoms with Crippen LogP contribution < -0.4 is 9.47 Å². The van der Waals surface area contributed by atoms with Gasteiger partial charge in [-0.3, -0.25) is 4.79 Å². The van der Waals surface area contributed by atoms with Gasteiger partial charge in [-0.05, 0) is 42.3 Å². The molecule has 0 radical (unpaired) electrons. The summed E-state index contributed by atoms with van der Waals surface area (Å²) >= 11 is 0. The van der Waals surface area contributed by atoms with Crippen molar-refractivity contribution in [3.8, 4) is 22.6 Å². The maximum atomic E-state index is 13.6. The van der Waals surface area contributed by atoms with Crippen molar-refractivity contribution in [1.29, 1.82) is 0 Å². The fourth-order valence-electron chi connectivity index (χ4n) is 2.24. The van der Waals surface area contributed by atoms with Gasteiger partial charge in [0, 0.05) is 11.1 Å². The molecule has 0 amide bonds. The summed E-state index contributed by atoms with van der Waals surface area (Å²) in [6.07, 6.45) is 1.55. The van der Waals surface area contributed by atoms with E-state index in [1.165, 1.54) is 31.4 Å². The van der Waals surface area contributed by atoms with Gasteiger partial charge >= 0.3 is 5.97 Å². The molecule has 0 atom stereocenters. The van der Waals surface area contributed by atoms with Crippen molar-refractivity contribution in [2.75, 3.05) is 0 Å². The van der Waals surface area contributed by atoms with Crippen molar-refractivity contribution in [3.05, 3.63) is 85.2 Å². The minimum atomic E-state index is -2.74. The first kappa shape index (κ1) is 22.4.